The number of ether oxygens (including phenoxy) is 2. The lowest BCUT2D eigenvalue weighted by Gasteiger charge is -2.13. The van der Waals surface area contributed by atoms with Gasteiger partial charge in [-0.25, -0.2) is 0 Å². The zero-order chi connectivity index (χ0) is 19.8. The van der Waals surface area contributed by atoms with Crippen LogP contribution >= 0.6 is 23.4 Å². The smallest absolute Gasteiger partial charge is 0.214 e. The molecule has 156 valence electrons. The highest BCUT2D eigenvalue weighted by molar-refractivity contribution is 7.99. The summed E-state index contributed by atoms with van der Waals surface area (Å²) in [5.74, 6) is 2.05. The summed E-state index contributed by atoms with van der Waals surface area (Å²) >= 11 is 7.91. The second-order valence-electron chi connectivity index (χ2n) is 5.78. The number of aromatic nitrogens is 4. The van der Waals surface area contributed by atoms with Crippen LogP contribution in [0.4, 0.5) is 0 Å². The van der Waals surface area contributed by atoms with E-state index in [1.54, 1.807) is 23.6 Å². The minimum atomic E-state index is 0. The summed E-state index contributed by atoms with van der Waals surface area (Å²) in [5.41, 5.74) is 1.98. The number of rotatable bonds is 10. The maximum absolute atomic E-state index is 6.31. The lowest BCUT2D eigenvalue weighted by Crippen LogP contribution is -3.00. The summed E-state index contributed by atoms with van der Waals surface area (Å²) < 4.78 is 12.7. The first kappa shape index (κ1) is 23.3. The molecule has 1 N–H and O–H groups in total. The average Bonchev–Trinajstić information content (AvgIpc) is 3.18. The van der Waals surface area contributed by atoms with Crippen molar-refractivity contribution < 1.29 is 21.9 Å². The van der Waals surface area contributed by atoms with Gasteiger partial charge in [0.15, 0.2) is 11.5 Å². The van der Waals surface area contributed by atoms with Gasteiger partial charge in [0.25, 0.3) is 0 Å². The SMILES string of the molecule is CCOc1c(Cl)cc(CNCCSc2nnnn2-c2ccccc2)cc1OC.[Cl-]. The summed E-state index contributed by atoms with van der Waals surface area (Å²) in [7, 11) is 1.61. The highest BCUT2D eigenvalue weighted by Crippen LogP contribution is 2.36. The summed E-state index contributed by atoms with van der Waals surface area (Å²) in [6.45, 7) is 3.91. The Labute approximate surface area is 185 Å². The Hall–Kier alpha value is -2.00. The van der Waals surface area contributed by atoms with Gasteiger partial charge in [0, 0.05) is 18.8 Å². The normalized spacial score (nSPS) is 10.4. The number of halogens is 2. The monoisotopic (exact) mass is 454 g/mol. The lowest BCUT2D eigenvalue weighted by molar-refractivity contribution is -0.00000646. The maximum Gasteiger partial charge on any atom is 0.214 e. The summed E-state index contributed by atoms with van der Waals surface area (Å²) in [5, 5.41) is 16.6. The van der Waals surface area contributed by atoms with Crippen LogP contribution in [0.15, 0.2) is 47.6 Å². The number of tetrazole rings is 1. The molecule has 0 saturated heterocycles. The van der Waals surface area contributed by atoms with Crippen LogP contribution in [-0.4, -0.2) is 46.2 Å². The van der Waals surface area contributed by atoms with Crippen LogP contribution in [-0.2, 0) is 6.54 Å². The van der Waals surface area contributed by atoms with Gasteiger partial charge in [-0.2, -0.15) is 4.68 Å². The summed E-state index contributed by atoms with van der Waals surface area (Å²) in [4.78, 5) is 0. The van der Waals surface area contributed by atoms with Crippen LogP contribution in [0, 0.1) is 0 Å². The molecule has 10 heteroatoms. The third-order valence-electron chi connectivity index (χ3n) is 3.86. The van der Waals surface area contributed by atoms with Crippen molar-refractivity contribution in [2.45, 2.75) is 18.6 Å². The van der Waals surface area contributed by atoms with E-state index in [0.717, 1.165) is 28.7 Å². The Morgan fingerprint density at radius 3 is 2.72 bits per heavy atom. The number of hydrogen-bond donors (Lipinski definition) is 1. The first-order valence-electron chi connectivity index (χ1n) is 8.89. The molecule has 29 heavy (non-hydrogen) atoms. The molecule has 0 atom stereocenters. The van der Waals surface area contributed by atoms with Crippen molar-refractivity contribution in [3.05, 3.63) is 53.1 Å². The minimum Gasteiger partial charge on any atom is -1.00 e. The van der Waals surface area contributed by atoms with Crippen LogP contribution in [0.2, 0.25) is 5.02 Å². The van der Waals surface area contributed by atoms with Gasteiger partial charge in [0.2, 0.25) is 5.16 Å². The number of benzene rings is 2. The standard InChI is InChI=1S/C19H22ClN5O2S.ClH/c1-3-27-18-16(20)11-14(12-17(18)26-2)13-21-9-10-28-19-22-23-24-25(19)15-7-5-4-6-8-15;/h4-8,11-12,21H,3,9-10,13H2,1-2H3;1H/p-1. The van der Waals surface area contributed by atoms with Gasteiger partial charge in [-0.05, 0) is 47.2 Å². The van der Waals surface area contributed by atoms with E-state index in [-0.39, 0.29) is 12.4 Å². The van der Waals surface area contributed by atoms with E-state index in [1.165, 1.54) is 0 Å². The molecule has 2 aromatic carbocycles. The molecule has 0 fully saturated rings. The van der Waals surface area contributed by atoms with Crippen LogP contribution < -0.4 is 27.2 Å². The van der Waals surface area contributed by atoms with Gasteiger partial charge in [-0.3, -0.25) is 0 Å². The number of hydrogen-bond acceptors (Lipinski definition) is 7. The number of thioether (sulfide) groups is 1. The van der Waals surface area contributed by atoms with Gasteiger partial charge >= 0.3 is 0 Å². The molecule has 0 saturated carbocycles. The molecule has 0 aliphatic carbocycles. The third-order valence-corrected chi connectivity index (χ3v) is 5.06. The highest BCUT2D eigenvalue weighted by atomic mass is 35.5. The van der Waals surface area contributed by atoms with E-state index in [9.17, 15) is 0 Å². The van der Waals surface area contributed by atoms with E-state index in [2.05, 4.69) is 20.8 Å². The summed E-state index contributed by atoms with van der Waals surface area (Å²) in [6.07, 6.45) is 0. The molecule has 0 aliphatic heterocycles. The molecule has 7 nitrogen and oxygen atoms in total. The molecule has 0 unspecified atom stereocenters. The van der Waals surface area contributed by atoms with Crippen molar-refractivity contribution in [1.82, 2.24) is 25.5 Å². The van der Waals surface area contributed by atoms with E-state index >= 15 is 0 Å². The number of methoxy groups -OCH3 is 1. The van der Waals surface area contributed by atoms with Crippen LogP contribution in [0.5, 0.6) is 11.5 Å². The van der Waals surface area contributed by atoms with Crippen LogP contribution in [0.25, 0.3) is 5.69 Å². The first-order chi connectivity index (χ1) is 13.7. The lowest BCUT2D eigenvalue weighted by atomic mass is 10.2. The maximum atomic E-state index is 6.31. The second kappa shape index (κ2) is 11.9. The Balaban J connectivity index is 0.00000300. The molecule has 0 bridgehead atoms. The van der Waals surface area contributed by atoms with Gasteiger partial charge in [0.1, 0.15) is 0 Å². The van der Waals surface area contributed by atoms with E-state index in [1.807, 2.05) is 49.4 Å². The molecule has 1 aromatic heterocycles. The van der Waals surface area contributed by atoms with E-state index in [0.29, 0.717) is 29.7 Å². The number of para-hydroxylation sites is 1. The third kappa shape index (κ3) is 6.24. The molecule has 0 spiro atoms. The van der Waals surface area contributed by atoms with Gasteiger partial charge in [-0.15, -0.1) is 5.10 Å². The Bertz CT molecular complexity index is 896. The zero-order valence-electron chi connectivity index (χ0n) is 16.1. The second-order valence-corrected chi connectivity index (χ2v) is 7.25. The quantitative estimate of drug-likeness (QED) is 0.355. The molecule has 0 radical (unpaired) electrons. The van der Waals surface area contributed by atoms with Crippen molar-refractivity contribution in [3.8, 4) is 17.2 Å². The van der Waals surface area contributed by atoms with Crippen molar-refractivity contribution in [3.63, 3.8) is 0 Å². The number of nitrogens with one attached hydrogen (secondary N) is 1. The Morgan fingerprint density at radius 2 is 2.00 bits per heavy atom. The Morgan fingerprint density at radius 1 is 1.21 bits per heavy atom. The average molecular weight is 455 g/mol. The van der Waals surface area contributed by atoms with Gasteiger partial charge in [0.05, 0.1) is 24.4 Å². The van der Waals surface area contributed by atoms with Crippen molar-refractivity contribution >= 4 is 23.4 Å². The highest BCUT2D eigenvalue weighted by Gasteiger charge is 2.12. The van der Waals surface area contributed by atoms with Crippen LogP contribution in [0.3, 0.4) is 0 Å². The topological polar surface area (TPSA) is 74.1 Å². The minimum absolute atomic E-state index is 0. The molecule has 0 amide bonds. The fourth-order valence-electron chi connectivity index (χ4n) is 2.61. The summed E-state index contributed by atoms with van der Waals surface area (Å²) in [6, 6.07) is 13.7. The van der Waals surface area contributed by atoms with Crippen molar-refractivity contribution in [2.75, 3.05) is 26.0 Å². The number of nitrogens with zero attached hydrogens (tertiary/aromatic N) is 4. The first-order valence-corrected chi connectivity index (χ1v) is 10.3. The molecular formula is C19H22Cl2N5O2S-. The van der Waals surface area contributed by atoms with Crippen molar-refractivity contribution in [1.29, 1.82) is 0 Å². The van der Waals surface area contributed by atoms with Gasteiger partial charge < -0.3 is 27.2 Å². The molecule has 0 aliphatic rings. The fourth-order valence-corrected chi connectivity index (χ4v) is 3.68. The van der Waals surface area contributed by atoms with Gasteiger partial charge in [-0.1, -0.05) is 41.6 Å². The zero-order valence-corrected chi connectivity index (χ0v) is 18.5. The predicted octanol–water partition coefficient (Wildman–Crippen LogP) is 0.609. The van der Waals surface area contributed by atoms with E-state index in [4.69, 9.17) is 21.1 Å². The predicted molar refractivity (Wildman–Crippen MR) is 111 cm³/mol. The van der Waals surface area contributed by atoms with E-state index < -0.39 is 0 Å². The van der Waals surface area contributed by atoms with Crippen molar-refractivity contribution in [2.24, 2.45) is 0 Å². The fraction of sp³-hybridized carbons (Fsp3) is 0.316. The molecule has 3 aromatic rings. The molecule has 1 heterocycles. The Kier molecular flexibility index (Phi) is 9.53. The van der Waals surface area contributed by atoms with Crippen LogP contribution in [0.1, 0.15) is 12.5 Å². The largest absolute Gasteiger partial charge is 1.00 e. The molecular weight excluding hydrogens is 433 g/mol. The molecule has 3 rings (SSSR count).